The Labute approximate surface area is 361 Å². The summed E-state index contributed by atoms with van der Waals surface area (Å²) in [7, 11) is 6.61. The van der Waals surface area contributed by atoms with Crippen molar-refractivity contribution in [2.75, 3.05) is 56.9 Å². The van der Waals surface area contributed by atoms with Crippen molar-refractivity contribution >= 4 is 68.7 Å². The molecule has 0 aliphatic heterocycles. The minimum absolute atomic E-state index is 0.0689. The highest BCUT2D eigenvalue weighted by Gasteiger charge is 2.25. The van der Waals surface area contributed by atoms with Crippen LogP contribution in [0.25, 0.3) is 0 Å². The number of amides is 2. The Balaban J connectivity index is 0. The number of Topliss-reactive ketones (excluding diaryl/α,β-unsaturated/α-hetero) is 2. The molecule has 8 N–H and O–H groups in total. The standard InChI is InChI=1S/C34H65N3O6S.C7H14N2O3S2/c1-5-6-7-8-9-10-11-12-13-14-15-16-17-20-25-43-33(41)23-21-26-44-28-31(35-29(2)39)34(42)36-30(27-38)32(40)22-18-19-24-37(3)4;1-4(10)5(8)2-13-14-3-6(9)7(11)12/h30-31,38H,5-28H2,1-4H3,(H,35,39)(H,36,42);5-6H,2-3,8-9H2,1H3,(H,11,12)/t30-,31-;5-,6-/m00/s1. The van der Waals surface area contributed by atoms with Gasteiger partial charge in [0, 0.05) is 37.0 Å². The number of ether oxygens (including phenoxy) is 1. The Hall–Kier alpha value is -1.89. The summed E-state index contributed by atoms with van der Waals surface area (Å²) in [6.07, 6.45) is 20.8. The van der Waals surface area contributed by atoms with Crippen molar-refractivity contribution in [2.24, 2.45) is 11.5 Å². The zero-order valence-electron chi connectivity index (χ0n) is 36.3. The first-order valence-corrected chi connectivity index (χ1v) is 24.9. The monoisotopic (exact) mass is 882 g/mol. The summed E-state index contributed by atoms with van der Waals surface area (Å²) in [6, 6.07) is -3.16. The van der Waals surface area contributed by atoms with E-state index in [1.807, 2.05) is 19.0 Å². The highest BCUT2D eigenvalue weighted by molar-refractivity contribution is 8.76. The molecule has 340 valence electrons. The van der Waals surface area contributed by atoms with E-state index >= 15 is 0 Å². The second-order valence-corrected chi connectivity index (χ2v) is 18.7. The SMILES string of the molecule is CC(=O)[C@@H](N)CSSC[C@H](N)C(=O)O.CCCCCCCCCCCCCCCCOC(=O)CCCSC[C@H](NC(C)=O)C(=O)N[C@@H](CO)C(=O)CCCCN(C)C. The Morgan fingerprint density at radius 1 is 0.672 bits per heavy atom. The Bertz CT molecular complexity index is 1090. The second-order valence-electron chi connectivity index (χ2n) is 14.9. The Morgan fingerprint density at radius 3 is 1.69 bits per heavy atom. The molecular weight excluding hydrogens is 803 g/mol. The lowest BCUT2D eigenvalue weighted by molar-refractivity contribution is -0.144. The number of aliphatic hydroxyl groups excluding tert-OH is 1. The molecule has 0 fully saturated rings. The number of ketones is 2. The van der Waals surface area contributed by atoms with Crippen LogP contribution in [0.2, 0.25) is 0 Å². The number of unbranched alkanes of at least 4 members (excludes halogenated alkanes) is 14. The number of thioether (sulfide) groups is 1. The first kappa shape index (κ1) is 58.2. The number of carboxylic acids is 1. The maximum absolute atomic E-state index is 12.8. The molecule has 0 spiro atoms. The van der Waals surface area contributed by atoms with Gasteiger partial charge in [-0.25, -0.2) is 0 Å². The van der Waals surface area contributed by atoms with Crippen LogP contribution in [0.4, 0.5) is 0 Å². The van der Waals surface area contributed by atoms with Crippen LogP contribution in [0.1, 0.15) is 143 Å². The molecule has 0 aromatic heterocycles. The summed E-state index contributed by atoms with van der Waals surface area (Å²) in [6.45, 7) is 5.86. The van der Waals surface area contributed by atoms with Gasteiger partial charge in [-0.15, -0.1) is 0 Å². The van der Waals surface area contributed by atoms with E-state index in [0.717, 1.165) is 25.8 Å². The summed E-state index contributed by atoms with van der Waals surface area (Å²) < 4.78 is 5.37. The van der Waals surface area contributed by atoms with Gasteiger partial charge >= 0.3 is 11.9 Å². The molecule has 0 aromatic carbocycles. The van der Waals surface area contributed by atoms with E-state index in [4.69, 9.17) is 21.3 Å². The molecule has 0 radical (unpaired) electrons. The lowest BCUT2D eigenvalue weighted by Crippen LogP contribution is -2.53. The minimum Gasteiger partial charge on any atom is -0.480 e. The molecule has 17 heteroatoms. The summed E-state index contributed by atoms with van der Waals surface area (Å²) in [5.41, 5.74) is 10.7. The van der Waals surface area contributed by atoms with Gasteiger partial charge in [0.25, 0.3) is 0 Å². The van der Waals surface area contributed by atoms with Crippen LogP contribution in [-0.2, 0) is 33.5 Å². The van der Waals surface area contributed by atoms with Crippen LogP contribution < -0.4 is 22.1 Å². The van der Waals surface area contributed by atoms with Gasteiger partial charge in [-0.1, -0.05) is 112 Å². The highest BCUT2D eigenvalue weighted by atomic mass is 33.1. The molecular formula is C41H79N5O9S3. The van der Waals surface area contributed by atoms with Crippen LogP contribution >= 0.6 is 33.3 Å². The van der Waals surface area contributed by atoms with Crippen molar-refractivity contribution in [2.45, 2.75) is 167 Å². The zero-order valence-corrected chi connectivity index (χ0v) is 38.7. The molecule has 0 bridgehead atoms. The number of hydrogen-bond acceptors (Lipinski definition) is 14. The van der Waals surface area contributed by atoms with E-state index in [9.17, 15) is 33.9 Å². The number of aliphatic hydroxyl groups is 1. The third kappa shape index (κ3) is 38.3. The molecule has 0 saturated carbocycles. The topological polar surface area (TPSA) is 231 Å². The molecule has 0 aliphatic carbocycles. The zero-order chi connectivity index (χ0) is 44.0. The molecule has 14 nitrogen and oxygen atoms in total. The largest absolute Gasteiger partial charge is 0.480 e. The first-order chi connectivity index (χ1) is 27.7. The Kier molecular flexibility index (Phi) is 40.7. The predicted molar refractivity (Wildman–Crippen MR) is 241 cm³/mol. The second kappa shape index (κ2) is 40.5. The first-order valence-electron chi connectivity index (χ1n) is 21.2. The number of carboxylic acid groups (broad SMARTS) is 1. The van der Waals surface area contributed by atoms with Gasteiger partial charge in [0.2, 0.25) is 11.8 Å². The molecule has 0 rings (SSSR count). The third-order valence-corrected chi connectivity index (χ3v) is 12.6. The Morgan fingerprint density at radius 2 is 1.21 bits per heavy atom. The van der Waals surface area contributed by atoms with Crippen molar-refractivity contribution in [3.8, 4) is 0 Å². The van der Waals surface area contributed by atoms with Gasteiger partial charge in [0.05, 0.1) is 19.3 Å². The molecule has 0 aliphatic rings. The van der Waals surface area contributed by atoms with E-state index in [0.29, 0.717) is 48.9 Å². The fourth-order valence-corrected chi connectivity index (χ4v) is 8.64. The van der Waals surface area contributed by atoms with E-state index < -0.39 is 42.7 Å². The summed E-state index contributed by atoms with van der Waals surface area (Å²) in [4.78, 5) is 72.0. The minimum atomic E-state index is -1.02. The number of carbonyl (C=O) groups is 6. The van der Waals surface area contributed by atoms with Crippen molar-refractivity contribution in [1.82, 2.24) is 15.5 Å². The van der Waals surface area contributed by atoms with Gasteiger partial charge < -0.3 is 42.0 Å². The average molecular weight is 882 g/mol. The van der Waals surface area contributed by atoms with Crippen LogP contribution in [-0.4, -0.2) is 131 Å². The molecule has 2 amide bonds. The van der Waals surface area contributed by atoms with E-state index in [2.05, 4.69) is 17.6 Å². The number of nitrogens with one attached hydrogen (secondary N) is 2. The average Bonchev–Trinajstić information content (AvgIpc) is 3.17. The molecule has 58 heavy (non-hydrogen) atoms. The van der Waals surface area contributed by atoms with E-state index in [1.54, 1.807) is 0 Å². The van der Waals surface area contributed by atoms with Crippen LogP contribution in [0, 0.1) is 0 Å². The summed E-state index contributed by atoms with van der Waals surface area (Å²) in [5, 5.41) is 23.3. The number of esters is 1. The highest BCUT2D eigenvalue weighted by Crippen LogP contribution is 2.22. The molecule has 4 atom stereocenters. The number of aliphatic carboxylic acids is 1. The van der Waals surface area contributed by atoms with Crippen LogP contribution in [0.3, 0.4) is 0 Å². The van der Waals surface area contributed by atoms with Gasteiger partial charge in [-0.3, -0.25) is 28.8 Å². The summed E-state index contributed by atoms with van der Waals surface area (Å²) >= 11 is 1.45. The normalized spacial score (nSPS) is 13.1. The van der Waals surface area contributed by atoms with Crippen LogP contribution in [0.5, 0.6) is 0 Å². The quantitative estimate of drug-likeness (QED) is 0.0255. The van der Waals surface area contributed by atoms with Crippen molar-refractivity contribution in [3.63, 3.8) is 0 Å². The van der Waals surface area contributed by atoms with E-state index in [1.165, 1.54) is 124 Å². The van der Waals surface area contributed by atoms with E-state index in [-0.39, 0.29) is 29.9 Å². The van der Waals surface area contributed by atoms with Crippen molar-refractivity contribution in [3.05, 3.63) is 0 Å². The summed E-state index contributed by atoms with van der Waals surface area (Å²) in [5.74, 6) is -0.645. The number of rotatable bonds is 38. The number of nitrogens with zero attached hydrogens (tertiary/aromatic N) is 1. The lowest BCUT2D eigenvalue weighted by atomic mass is 10.0. The van der Waals surface area contributed by atoms with Crippen molar-refractivity contribution in [1.29, 1.82) is 0 Å². The van der Waals surface area contributed by atoms with Crippen LogP contribution in [0.15, 0.2) is 0 Å². The maximum atomic E-state index is 12.8. The predicted octanol–water partition coefficient (Wildman–Crippen LogP) is 5.50. The number of carbonyl (C=O) groups excluding carboxylic acids is 5. The molecule has 0 heterocycles. The number of nitrogens with two attached hydrogens (primary N) is 2. The molecule has 0 aromatic rings. The van der Waals surface area contributed by atoms with Gasteiger partial charge in [0.15, 0.2) is 5.78 Å². The maximum Gasteiger partial charge on any atom is 0.321 e. The fraction of sp³-hybridized carbons (Fsp3) is 0.854. The third-order valence-electron chi connectivity index (χ3n) is 8.99. The van der Waals surface area contributed by atoms with Gasteiger partial charge in [-0.05, 0) is 59.0 Å². The fourth-order valence-electron chi connectivity index (χ4n) is 5.34. The van der Waals surface area contributed by atoms with Gasteiger partial charge in [0.1, 0.15) is 23.9 Å². The smallest absolute Gasteiger partial charge is 0.321 e. The number of hydrogen-bond donors (Lipinski definition) is 6. The lowest BCUT2D eigenvalue weighted by Gasteiger charge is -2.21. The van der Waals surface area contributed by atoms with Gasteiger partial charge in [-0.2, -0.15) is 11.8 Å². The molecule has 0 unspecified atom stereocenters. The van der Waals surface area contributed by atoms with Crippen molar-refractivity contribution < 1.29 is 43.7 Å². The molecule has 0 saturated heterocycles.